The molecule has 0 saturated carbocycles. The van der Waals surface area contributed by atoms with Crippen LogP contribution in [0.1, 0.15) is 202 Å². The number of carbonyl (C=O) groups excluding carboxylic acids is 2. The number of aliphatic hydroxyl groups excluding tert-OH is 2. The van der Waals surface area contributed by atoms with Crippen molar-refractivity contribution >= 4 is 21.7 Å². The Kier molecular flexibility index (Phi) is 23.1. The molecule has 20 aliphatic rings. The number of fused-ring (bicyclic) bond motifs is 12. The summed E-state index contributed by atoms with van der Waals surface area (Å²) in [6.07, 6.45) is 13.3. The van der Waals surface area contributed by atoms with Crippen LogP contribution in [-0.4, -0.2) is 248 Å². The summed E-state index contributed by atoms with van der Waals surface area (Å²) in [5.74, 6) is -0.494. The molecule has 38 atom stereocenters. The van der Waals surface area contributed by atoms with E-state index in [1.54, 1.807) is 0 Å². The lowest BCUT2D eigenvalue weighted by atomic mass is 9.78. The maximum absolute atomic E-state index is 14.0. The summed E-state index contributed by atoms with van der Waals surface area (Å²) in [5.41, 5.74) is 15.6. The predicted octanol–water partition coefficient (Wildman–Crippen LogP) is 8.01. The van der Waals surface area contributed by atoms with Crippen molar-refractivity contribution in [2.24, 2.45) is 47.0 Å². The maximum atomic E-state index is 14.0. The Bertz CT molecular complexity index is 3430. The van der Waals surface area contributed by atoms with E-state index in [2.05, 4.69) is 60.9 Å². The first-order chi connectivity index (χ1) is 51.5. The first kappa shape index (κ1) is 79.3. The average molecular weight is 1540 g/mol. The minimum atomic E-state index is -3.67. The number of hydrogen-bond acceptors (Lipinski definition) is 24. The monoisotopic (exact) mass is 1540 g/mol. The second-order valence-corrected chi connectivity index (χ2v) is 38.1. The fourth-order valence-electron chi connectivity index (χ4n) is 23.0. The van der Waals surface area contributed by atoms with Crippen molar-refractivity contribution in [3.8, 4) is 0 Å². The van der Waals surface area contributed by atoms with E-state index in [1.807, 2.05) is 0 Å². The number of ether oxygens (including phenoxy) is 16. The molecule has 0 aromatic rings. The summed E-state index contributed by atoms with van der Waals surface area (Å²) in [4.78, 5) is 28.0. The van der Waals surface area contributed by atoms with Gasteiger partial charge in [-0.3, -0.25) is 14.1 Å². The van der Waals surface area contributed by atoms with Crippen molar-refractivity contribution in [2.75, 3.05) is 19.3 Å². The molecule has 10 unspecified atom stereocenters. The molecule has 0 amide bonds. The highest BCUT2D eigenvalue weighted by atomic mass is 32.2. The van der Waals surface area contributed by atoms with Crippen LogP contribution in [0.15, 0.2) is 48.6 Å². The van der Waals surface area contributed by atoms with Gasteiger partial charge in [-0.1, -0.05) is 54.0 Å². The Morgan fingerprint density at radius 1 is 0.444 bits per heavy atom. The zero-order valence-corrected chi connectivity index (χ0v) is 65.2. The molecule has 606 valence electrons. The SMILES string of the molecule is C=C1C[C@@H]2CC[C@@]34C[C@@]5(C)O[C@H]6[C@@H](O3)[C@H]3OC(CC[C@@H]3O[C@H]6C5O4)CC(=O)C[C@@H]3[C@@H](C)[C@@H](CC(O)CN)O[C@H]3CC3O[C@@H](CCC1O2)C[C@@H](C)C3=C.C=C1C[C@@H]2CC[C@@]34C[C@H]5O[C@H]6[C@@H](O3)[C@H]3OC(CC[C@@H]3O[C@H]6C5O4)CC(=O)C[C@@H]3[C@@H](C)[C@@H](CC(O)CN)O[C@H]3CC3O[C@@H](CCC1O2)C[C@@H](C)C3=C.CS(=O)(=O)O. The lowest BCUT2D eigenvalue weighted by Gasteiger charge is -2.47. The lowest BCUT2D eigenvalue weighted by molar-refractivity contribution is -0.294. The molecule has 0 aliphatic carbocycles. The van der Waals surface area contributed by atoms with E-state index < -0.39 is 39.5 Å². The summed E-state index contributed by atoms with van der Waals surface area (Å²) in [5, 5.41) is 21.0. The smallest absolute Gasteiger partial charge is 0.261 e. The number of carbonyl (C=O) groups is 2. The summed E-state index contributed by atoms with van der Waals surface area (Å²) in [6, 6.07) is 0. The van der Waals surface area contributed by atoms with Crippen molar-refractivity contribution in [3.05, 3.63) is 48.6 Å². The number of Topliss-reactive ketones (excluding diaryl/α,β-unsaturated/α-hetero) is 2. The van der Waals surface area contributed by atoms with Gasteiger partial charge in [0.25, 0.3) is 10.1 Å². The second-order valence-electron chi connectivity index (χ2n) is 36.6. The van der Waals surface area contributed by atoms with Crippen LogP contribution in [0.5, 0.6) is 0 Å². The average Bonchev–Trinajstić information content (AvgIpc) is 1.54. The zero-order valence-electron chi connectivity index (χ0n) is 64.4. The molecule has 20 aliphatic heterocycles. The third-order valence-electron chi connectivity index (χ3n) is 28.7. The zero-order chi connectivity index (χ0) is 75.8. The molecule has 26 heteroatoms. The highest BCUT2D eigenvalue weighted by molar-refractivity contribution is 7.85. The standard InChI is InChI=1S/C41H61NO10.C40H59NO10.CH4O3S/c1-20-12-26-6-8-30-21(2)13-28(45-30)10-11-41-19-40(5)39(52-41)38-37(50-40)36(51-41)35-31(49-38)9-7-27(47-35)14-24(43)15-29-23(4)32(16-25(44)18-42)48-34(29)17-33(46-26)22(20)3;1-19-11-25-5-7-29-20(2)12-27(44-29)9-10-40-17-34-36(50-40)37-38(49-34)39(51-40)35-30(48-37)8-6-26(46-35)13-23(42)14-28-22(4)31(15-24(43)18-41)47-33(28)16-32(45-25)21(19)3;1-5(2,3)4/h20,23,25-39,44H,2-3,6-19,42H2,1,4-5H3;19,22,24-39,43H,2-3,5-18,41H2,1,4H3;1H3,(H,2,3,4)/t20-,23-,25?,26+,27?,28+,29-,30?,31+,32-,33?,34+,35+,36+,37+,38-,39?,40-,41-;19-,22-,24?,25+,26?,27+,28-,29?,30+,31-,32?,33+,34-,35+,36?,37+,38-,39+,40+;/m11./s1. The topological polar surface area (TPSA) is 329 Å². The molecule has 24 bridgehead atoms. The Hall–Kier alpha value is -2.59. The Morgan fingerprint density at radius 3 is 1.37 bits per heavy atom. The van der Waals surface area contributed by atoms with Gasteiger partial charge in [0.05, 0.1) is 122 Å². The van der Waals surface area contributed by atoms with Crippen LogP contribution in [0.4, 0.5) is 0 Å². The van der Waals surface area contributed by atoms with Gasteiger partial charge in [0.2, 0.25) is 0 Å². The van der Waals surface area contributed by atoms with Crippen LogP contribution >= 0.6 is 0 Å². The Morgan fingerprint density at radius 2 is 0.861 bits per heavy atom. The van der Waals surface area contributed by atoms with Gasteiger partial charge in [-0.2, -0.15) is 8.42 Å². The molecular weight excluding hydrogens is 1410 g/mol. The van der Waals surface area contributed by atoms with Crippen molar-refractivity contribution in [3.63, 3.8) is 0 Å². The molecule has 25 nitrogen and oxygen atoms in total. The minimum absolute atomic E-state index is 0.00127. The predicted molar refractivity (Wildman–Crippen MR) is 391 cm³/mol. The van der Waals surface area contributed by atoms with E-state index in [4.69, 9.17) is 91.8 Å². The first-order valence-corrected chi connectivity index (χ1v) is 43.4. The Balaban J connectivity index is 0.000000155. The van der Waals surface area contributed by atoms with Crippen LogP contribution in [0.3, 0.4) is 0 Å². The molecule has 20 saturated heterocycles. The third-order valence-corrected chi connectivity index (χ3v) is 28.7. The summed E-state index contributed by atoms with van der Waals surface area (Å²) >= 11 is 0. The van der Waals surface area contributed by atoms with Crippen LogP contribution in [-0.2, 0) is 95.5 Å². The van der Waals surface area contributed by atoms with E-state index in [1.165, 1.54) is 0 Å². The van der Waals surface area contributed by atoms with Crippen molar-refractivity contribution in [1.29, 1.82) is 0 Å². The van der Waals surface area contributed by atoms with Gasteiger partial charge in [0.15, 0.2) is 11.6 Å². The fourth-order valence-corrected chi connectivity index (χ4v) is 23.0. The Labute approximate surface area is 637 Å². The van der Waals surface area contributed by atoms with Crippen molar-refractivity contribution in [2.45, 2.75) is 396 Å². The molecule has 108 heavy (non-hydrogen) atoms. The molecule has 20 heterocycles. The normalized spacial score (nSPS) is 51.6. The minimum Gasteiger partial charge on any atom is -0.392 e. The van der Waals surface area contributed by atoms with E-state index in [9.17, 15) is 28.2 Å². The quantitative estimate of drug-likeness (QED) is 0.124. The number of rotatable bonds is 6. The summed E-state index contributed by atoms with van der Waals surface area (Å²) < 4.78 is 134. The fraction of sp³-hybridized carbons (Fsp3) is 0.878. The van der Waals surface area contributed by atoms with Crippen LogP contribution in [0.2, 0.25) is 0 Å². The molecular formula is C82H124N2O23S. The highest BCUT2D eigenvalue weighted by Gasteiger charge is 2.74. The number of nitrogens with two attached hydrogens (primary N) is 2. The molecule has 20 rings (SSSR count). The molecule has 7 N–H and O–H groups in total. The van der Waals surface area contributed by atoms with Gasteiger partial charge in [0.1, 0.15) is 78.2 Å². The molecule has 0 aromatic heterocycles. The lowest BCUT2D eigenvalue weighted by Crippen LogP contribution is -2.61. The van der Waals surface area contributed by atoms with E-state index in [0.29, 0.717) is 95.1 Å². The number of ketones is 2. The second kappa shape index (κ2) is 31.5. The molecule has 20 fully saturated rings. The van der Waals surface area contributed by atoms with Gasteiger partial charge in [-0.05, 0) is 155 Å². The van der Waals surface area contributed by atoms with Crippen molar-refractivity contribution in [1.82, 2.24) is 0 Å². The number of aliphatic hydroxyl groups is 2. The molecule has 2 spiro atoms. The first-order valence-electron chi connectivity index (χ1n) is 41.5. The molecule has 0 aromatic carbocycles. The van der Waals surface area contributed by atoms with Crippen LogP contribution in [0.25, 0.3) is 0 Å². The van der Waals surface area contributed by atoms with Crippen LogP contribution in [0, 0.1) is 35.5 Å². The van der Waals surface area contributed by atoms with Gasteiger partial charge in [0, 0.05) is 90.1 Å². The van der Waals surface area contributed by atoms with E-state index in [-0.39, 0.29) is 213 Å². The summed E-state index contributed by atoms with van der Waals surface area (Å²) in [6.45, 7) is 29.1. The summed E-state index contributed by atoms with van der Waals surface area (Å²) in [7, 11) is -3.67. The van der Waals surface area contributed by atoms with E-state index in [0.717, 1.165) is 112 Å². The highest BCUT2D eigenvalue weighted by Crippen LogP contribution is 2.60. The molecule has 0 radical (unpaired) electrons. The number of hydrogen-bond donors (Lipinski definition) is 5. The largest absolute Gasteiger partial charge is 0.392 e. The van der Waals surface area contributed by atoms with Gasteiger partial charge < -0.3 is 97.5 Å². The van der Waals surface area contributed by atoms with Crippen LogP contribution < -0.4 is 11.5 Å². The van der Waals surface area contributed by atoms with Crippen molar-refractivity contribution < 1.29 is 109 Å². The maximum Gasteiger partial charge on any atom is 0.261 e. The third kappa shape index (κ3) is 16.1. The van der Waals surface area contributed by atoms with Gasteiger partial charge >= 0.3 is 0 Å². The van der Waals surface area contributed by atoms with Gasteiger partial charge in [-0.15, -0.1) is 0 Å². The van der Waals surface area contributed by atoms with E-state index >= 15 is 0 Å². The van der Waals surface area contributed by atoms with Gasteiger partial charge in [-0.25, -0.2) is 0 Å².